The molecule has 2 aromatic rings. The molecule has 0 radical (unpaired) electrons. The molecule has 0 aromatic carbocycles. The van der Waals surface area contributed by atoms with Gasteiger partial charge < -0.3 is 15.5 Å². The second kappa shape index (κ2) is 6.71. The molecule has 0 atom stereocenters. The van der Waals surface area contributed by atoms with Crippen LogP contribution in [0.4, 0.5) is 11.8 Å². The fourth-order valence-electron chi connectivity index (χ4n) is 2.03. The Morgan fingerprint density at radius 3 is 2.86 bits per heavy atom. The monoisotopic (exact) mass is 307 g/mol. The number of carbonyl (C=O) groups excluding carboxylic acids is 1. The van der Waals surface area contributed by atoms with Gasteiger partial charge in [-0.2, -0.15) is 4.98 Å². The second-order valence-electron chi connectivity index (χ2n) is 5.12. The number of carbonyl (C=O) groups is 1. The topological polar surface area (TPSA) is 70.2 Å². The van der Waals surface area contributed by atoms with Gasteiger partial charge >= 0.3 is 0 Å². The van der Waals surface area contributed by atoms with Gasteiger partial charge in [0.1, 0.15) is 10.6 Å². The predicted molar refractivity (Wildman–Crippen MR) is 88.1 cm³/mol. The van der Waals surface area contributed by atoms with Crippen molar-refractivity contribution in [3.63, 3.8) is 0 Å². The molecule has 0 saturated carbocycles. The zero-order valence-electron chi connectivity index (χ0n) is 12.8. The largest absolute Gasteiger partial charge is 0.354 e. The number of nitrogens with one attached hydrogen (secondary N) is 2. The smallest absolute Gasteiger partial charge is 0.239 e. The van der Waals surface area contributed by atoms with Crippen LogP contribution in [0.5, 0.6) is 0 Å². The summed E-state index contributed by atoms with van der Waals surface area (Å²) >= 11 is 1.57. The molecule has 0 unspecified atom stereocenters. The second-order valence-corrected chi connectivity index (χ2v) is 6.01. The number of rotatable bonds is 6. The van der Waals surface area contributed by atoms with Crippen LogP contribution in [-0.2, 0) is 4.79 Å². The molecule has 0 aliphatic heterocycles. The maximum absolute atomic E-state index is 11.9. The van der Waals surface area contributed by atoms with Gasteiger partial charge in [-0.25, -0.2) is 4.98 Å². The fraction of sp³-hybridized carbons (Fsp3) is 0.500. The Labute approximate surface area is 128 Å². The Hall–Kier alpha value is -1.89. The molecule has 0 saturated heterocycles. The highest BCUT2D eigenvalue weighted by molar-refractivity contribution is 7.16. The van der Waals surface area contributed by atoms with Gasteiger partial charge in [0.25, 0.3) is 0 Å². The van der Waals surface area contributed by atoms with Crippen molar-refractivity contribution in [1.82, 2.24) is 15.3 Å². The molecule has 2 aromatic heterocycles. The third-order valence-electron chi connectivity index (χ3n) is 2.83. The lowest BCUT2D eigenvalue weighted by atomic mass is 10.3. The summed E-state index contributed by atoms with van der Waals surface area (Å²) in [5.41, 5.74) is 0. The summed E-state index contributed by atoms with van der Waals surface area (Å²) in [6.45, 7) is 6.92. The molecule has 6 nitrogen and oxygen atoms in total. The van der Waals surface area contributed by atoms with Gasteiger partial charge in [0.05, 0.1) is 11.9 Å². The number of aromatic nitrogens is 2. The first-order chi connectivity index (χ1) is 10.0. The predicted octanol–water partition coefficient (Wildman–Crippen LogP) is 2.08. The van der Waals surface area contributed by atoms with Crippen LogP contribution in [0.3, 0.4) is 0 Å². The average molecular weight is 307 g/mol. The van der Waals surface area contributed by atoms with Crippen LogP contribution in [-0.4, -0.2) is 42.1 Å². The molecule has 2 N–H and O–H groups in total. The van der Waals surface area contributed by atoms with Crippen LogP contribution in [0.15, 0.2) is 11.4 Å². The molecule has 2 rings (SSSR count). The first-order valence-corrected chi connectivity index (χ1v) is 7.88. The lowest BCUT2D eigenvalue weighted by Crippen LogP contribution is -2.39. The van der Waals surface area contributed by atoms with E-state index in [0.717, 1.165) is 22.6 Å². The number of thiophene rings is 1. The van der Waals surface area contributed by atoms with Gasteiger partial charge in [-0.3, -0.25) is 4.79 Å². The van der Waals surface area contributed by atoms with Crippen LogP contribution in [0, 0.1) is 0 Å². The van der Waals surface area contributed by atoms with Gasteiger partial charge in [0.15, 0.2) is 0 Å². The van der Waals surface area contributed by atoms with Crippen molar-refractivity contribution in [2.24, 2.45) is 0 Å². The molecule has 21 heavy (non-hydrogen) atoms. The summed E-state index contributed by atoms with van der Waals surface area (Å²) in [6, 6.07) is 2.12. The summed E-state index contributed by atoms with van der Waals surface area (Å²) < 4.78 is 0. The number of likely N-dealkylation sites (N-methyl/N-ethyl adjacent to an activating group) is 1. The zero-order chi connectivity index (χ0) is 15.4. The molecule has 2 heterocycles. The highest BCUT2D eigenvalue weighted by atomic mass is 32.1. The highest BCUT2D eigenvalue weighted by Crippen LogP contribution is 2.28. The fourth-order valence-corrected chi connectivity index (χ4v) is 2.78. The number of hydrogen-bond donors (Lipinski definition) is 2. The van der Waals surface area contributed by atoms with E-state index in [9.17, 15) is 4.79 Å². The standard InChI is InChI=1S/C14H21N5OS/c1-5-15-14-17-12(10-6-7-21-13(10)18-14)19(4)8-11(20)16-9(2)3/h6-7,9H,5,8H2,1-4H3,(H,16,20)(H,15,17,18). The number of hydrogen-bond acceptors (Lipinski definition) is 6. The van der Waals surface area contributed by atoms with E-state index in [1.54, 1.807) is 11.3 Å². The van der Waals surface area contributed by atoms with Crippen molar-refractivity contribution in [3.8, 4) is 0 Å². The maximum atomic E-state index is 11.9. The Morgan fingerprint density at radius 1 is 1.43 bits per heavy atom. The average Bonchev–Trinajstić information content (AvgIpc) is 2.85. The molecular formula is C14H21N5OS. The molecule has 0 spiro atoms. The van der Waals surface area contributed by atoms with Gasteiger partial charge in [-0.15, -0.1) is 11.3 Å². The number of fused-ring (bicyclic) bond motifs is 1. The van der Waals surface area contributed by atoms with Crippen molar-refractivity contribution in [1.29, 1.82) is 0 Å². The lowest BCUT2D eigenvalue weighted by Gasteiger charge is -2.20. The van der Waals surface area contributed by atoms with Crippen molar-refractivity contribution in [3.05, 3.63) is 11.4 Å². The minimum atomic E-state index is -0.0144. The third-order valence-corrected chi connectivity index (χ3v) is 3.64. The summed E-state index contributed by atoms with van der Waals surface area (Å²) in [4.78, 5) is 23.7. The van der Waals surface area contributed by atoms with Crippen molar-refractivity contribution in [2.45, 2.75) is 26.8 Å². The van der Waals surface area contributed by atoms with E-state index in [0.29, 0.717) is 5.95 Å². The van der Waals surface area contributed by atoms with E-state index in [1.807, 2.05) is 44.2 Å². The summed E-state index contributed by atoms with van der Waals surface area (Å²) in [5, 5.41) is 8.98. The minimum Gasteiger partial charge on any atom is -0.354 e. The summed E-state index contributed by atoms with van der Waals surface area (Å²) in [5.74, 6) is 1.36. The Kier molecular flexibility index (Phi) is 4.95. The van der Waals surface area contributed by atoms with E-state index < -0.39 is 0 Å². The van der Waals surface area contributed by atoms with E-state index in [4.69, 9.17) is 0 Å². The highest BCUT2D eigenvalue weighted by Gasteiger charge is 2.15. The Bertz CT molecular complexity index is 625. The molecule has 0 fully saturated rings. The summed E-state index contributed by atoms with van der Waals surface area (Å²) in [6.07, 6.45) is 0. The van der Waals surface area contributed by atoms with E-state index >= 15 is 0 Å². The first kappa shape index (κ1) is 15.5. The maximum Gasteiger partial charge on any atom is 0.239 e. The normalized spacial score (nSPS) is 10.9. The van der Waals surface area contributed by atoms with E-state index in [1.165, 1.54) is 0 Å². The van der Waals surface area contributed by atoms with Crippen LogP contribution < -0.4 is 15.5 Å². The van der Waals surface area contributed by atoms with Gasteiger partial charge in [0.2, 0.25) is 11.9 Å². The number of amides is 1. The lowest BCUT2D eigenvalue weighted by molar-refractivity contribution is -0.120. The van der Waals surface area contributed by atoms with Crippen molar-refractivity contribution in [2.75, 3.05) is 30.4 Å². The van der Waals surface area contributed by atoms with Gasteiger partial charge in [-0.05, 0) is 32.2 Å². The van der Waals surface area contributed by atoms with E-state index in [2.05, 4.69) is 20.6 Å². The van der Waals surface area contributed by atoms with Gasteiger partial charge in [0, 0.05) is 19.6 Å². The zero-order valence-corrected chi connectivity index (χ0v) is 13.6. The van der Waals surface area contributed by atoms with E-state index in [-0.39, 0.29) is 18.5 Å². The van der Waals surface area contributed by atoms with Crippen LogP contribution in [0.1, 0.15) is 20.8 Å². The van der Waals surface area contributed by atoms with Crippen molar-refractivity contribution >= 4 is 39.2 Å². The molecular weight excluding hydrogens is 286 g/mol. The number of nitrogens with zero attached hydrogens (tertiary/aromatic N) is 3. The van der Waals surface area contributed by atoms with Crippen LogP contribution >= 0.6 is 11.3 Å². The quantitative estimate of drug-likeness (QED) is 0.855. The minimum absolute atomic E-state index is 0.0144. The molecule has 0 bridgehead atoms. The Balaban J connectivity index is 2.26. The molecule has 0 aliphatic rings. The molecule has 114 valence electrons. The van der Waals surface area contributed by atoms with Gasteiger partial charge in [-0.1, -0.05) is 0 Å². The Morgan fingerprint density at radius 2 is 2.19 bits per heavy atom. The molecule has 1 amide bonds. The SMILES string of the molecule is CCNc1nc(N(C)CC(=O)NC(C)C)c2ccsc2n1. The summed E-state index contributed by atoms with van der Waals surface area (Å²) in [7, 11) is 1.87. The van der Waals surface area contributed by atoms with Crippen LogP contribution in [0.25, 0.3) is 10.2 Å². The molecule has 7 heteroatoms. The van der Waals surface area contributed by atoms with Crippen LogP contribution in [0.2, 0.25) is 0 Å². The first-order valence-electron chi connectivity index (χ1n) is 7.01. The molecule has 0 aliphatic carbocycles. The van der Waals surface area contributed by atoms with Crippen molar-refractivity contribution < 1.29 is 4.79 Å². The third kappa shape index (κ3) is 3.81. The number of anilines is 2.